The van der Waals surface area contributed by atoms with E-state index in [4.69, 9.17) is 9.97 Å². The normalized spacial score (nSPS) is 18.3. The second-order valence-electron chi connectivity index (χ2n) is 8.93. The largest absolute Gasteiger partial charge is 0.352 e. The van der Waals surface area contributed by atoms with Gasteiger partial charge in [0.05, 0.1) is 6.04 Å². The van der Waals surface area contributed by atoms with Crippen LogP contribution in [0, 0.1) is 12.7 Å². The van der Waals surface area contributed by atoms with Crippen molar-refractivity contribution in [3.63, 3.8) is 0 Å². The number of likely N-dealkylation sites (tertiary alicyclic amines) is 1. The SMILES string of the molecule is Cc1nc(C2CCCCN2C(=O)Cn2cccn2)nc2c1CCCN2Cc1cccc(F)c1. The summed E-state index contributed by atoms with van der Waals surface area (Å²) in [5.41, 5.74) is 3.06. The van der Waals surface area contributed by atoms with E-state index < -0.39 is 0 Å². The number of aromatic nitrogens is 4. The first kappa shape index (κ1) is 21.6. The predicted octanol–water partition coefficient (Wildman–Crippen LogP) is 3.83. The average Bonchev–Trinajstić information content (AvgIpc) is 3.32. The van der Waals surface area contributed by atoms with Gasteiger partial charge in [0, 0.05) is 43.3 Å². The number of rotatable bonds is 5. The zero-order valence-corrected chi connectivity index (χ0v) is 19.0. The number of piperidine rings is 1. The molecule has 4 heterocycles. The highest BCUT2D eigenvalue weighted by Gasteiger charge is 2.32. The molecule has 1 aromatic carbocycles. The highest BCUT2D eigenvalue weighted by atomic mass is 19.1. The van der Waals surface area contributed by atoms with Crippen LogP contribution < -0.4 is 4.90 Å². The summed E-state index contributed by atoms with van der Waals surface area (Å²) < 4.78 is 15.4. The molecule has 0 bridgehead atoms. The molecule has 1 amide bonds. The third-order valence-electron chi connectivity index (χ3n) is 6.60. The van der Waals surface area contributed by atoms with Crippen LogP contribution in [0.4, 0.5) is 10.2 Å². The number of benzene rings is 1. The summed E-state index contributed by atoms with van der Waals surface area (Å²) in [6, 6.07) is 8.43. The first-order valence-electron chi connectivity index (χ1n) is 11.7. The van der Waals surface area contributed by atoms with E-state index in [-0.39, 0.29) is 24.3 Å². The molecule has 2 aromatic heterocycles. The van der Waals surface area contributed by atoms with Crippen molar-refractivity contribution in [2.45, 2.75) is 58.2 Å². The molecule has 1 unspecified atom stereocenters. The standard InChI is InChI=1S/C25H29FN6O/c1-18-21-9-5-12-30(16-19-7-4-8-20(26)15-19)25(21)29-24(28-18)22-10-2-3-14-32(22)23(33)17-31-13-6-11-27-31/h4,6-8,11,13,15,22H,2-3,5,9-10,12,14,16-17H2,1H3. The van der Waals surface area contributed by atoms with E-state index in [9.17, 15) is 9.18 Å². The van der Waals surface area contributed by atoms with Crippen molar-refractivity contribution in [3.8, 4) is 0 Å². The lowest BCUT2D eigenvalue weighted by Crippen LogP contribution is -2.41. The first-order valence-corrected chi connectivity index (χ1v) is 11.7. The van der Waals surface area contributed by atoms with E-state index in [2.05, 4.69) is 10.00 Å². The summed E-state index contributed by atoms with van der Waals surface area (Å²) in [5, 5.41) is 4.18. The summed E-state index contributed by atoms with van der Waals surface area (Å²) in [6.07, 6.45) is 8.33. The number of hydrogen-bond donors (Lipinski definition) is 0. The molecule has 0 spiro atoms. The Bertz CT molecular complexity index is 1130. The number of nitrogens with zero attached hydrogens (tertiary/aromatic N) is 6. The maximum Gasteiger partial charge on any atom is 0.244 e. The van der Waals surface area contributed by atoms with Crippen LogP contribution in [0.1, 0.15) is 54.4 Å². The van der Waals surface area contributed by atoms with E-state index in [1.54, 1.807) is 29.2 Å². The fourth-order valence-corrected chi connectivity index (χ4v) is 4.99. The Morgan fingerprint density at radius 3 is 2.88 bits per heavy atom. The Labute approximate surface area is 193 Å². The van der Waals surface area contributed by atoms with Gasteiger partial charge in [0.15, 0.2) is 5.82 Å². The number of amides is 1. The molecule has 1 fully saturated rings. The van der Waals surface area contributed by atoms with Crippen LogP contribution in [0.3, 0.4) is 0 Å². The fraction of sp³-hybridized carbons (Fsp3) is 0.440. The molecule has 1 atom stereocenters. The number of hydrogen-bond acceptors (Lipinski definition) is 5. The highest BCUT2D eigenvalue weighted by molar-refractivity contribution is 5.76. The smallest absolute Gasteiger partial charge is 0.244 e. The van der Waals surface area contributed by atoms with Gasteiger partial charge in [-0.2, -0.15) is 5.10 Å². The number of anilines is 1. The summed E-state index contributed by atoms with van der Waals surface area (Å²) in [7, 11) is 0. The van der Waals surface area contributed by atoms with Crippen molar-refractivity contribution in [2.75, 3.05) is 18.0 Å². The molecule has 33 heavy (non-hydrogen) atoms. The molecule has 0 saturated carbocycles. The lowest BCUT2D eigenvalue weighted by molar-refractivity contribution is -0.136. The maximum atomic E-state index is 13.8. The molecule has 2 aliphatic rings. The molecule has 172 valence electrons. The number of aryl methyl sites for hydroxylation is 1. The molecule has 0 aliphatic carbocycles. The molecule has 7 nitrogen and oxygen atoms in total. The Hall–Kier alpha value is -3.29. The molecule has 2 aliphatic heterocycles. The van der Waals surface area contributed by atoms with Crippen molar-refractivity contribution in [1.29, 1.82) is 0 Å². The predicted molar refractivity (Wildman–Crippen MR) is 123 cm³/mol. The van der Waals surface area contributed by atoms with Crippen LogP contribution in [-0.4, -0.2) is 43.6 Å². The Morgan fingerprint density at radius 1 is 1.15 bits per heavy atom. The molecular weight excluding hydrogens is 419 g/mol. The van der Waals surface area contributed by atoms with Crippen LogP contribution in [0.15, 0.2) is 42.7 Å². The van der Waals surface area contributed by atoms with Gasteiger partial charge in [-0.05, 0) is 62.8 Å². The second kappa shape index (κ2) is 9.29. The summed E-state index contributed by atoms with van der Waals surface area (Å²) in [5.74, 6) is 1.46. The summed E-state index contributed by atoms with van der Waals surface area (Å²) in [4.78, 5) is 27.2. The van der Waals surface area contributed by atoms with Gasteiger partial charge in [0.2, 0.25) is 5.91 Å². The number of halogens is 1. The number of carbonyl (C=O) groups is 1. The van der Waals surface area contributed by atoms with Gasteiger partial charge in [0.25, 0.3) is 0 Å². The molecule has 0 radical (unpaired) electrons. The molecule has 3 aromatic rings. The van der Waals surface area contributed by atoms with Crippen molar-refractivity contribution >= 4 is 11.7 Å². The Morgan fingerprint density at radius 2 is 2.06 bits per heavy atom. The third kappa shape index (κ3) is 4.60. The van der Waals surface area contributed by atoms with Gasteiger partial charge in [-0.1, -0.05) is 12.1 Å². The molecule has 0 N–H and O–H groups in total. The minimum atomic E-state index is -0.224. The Kier molecular flexibility index (Phi) is 6.07. The number of carbonyl (C=O) groups excluding carboxylic acids is 1. The minimum Gasteiger partial charge on any atom is -0.352 e. The average molecular weight is 449 g/mol. The maximum absolute atomic E-state index is 13.8. The van der Waals surface area contributed by atoms with E-state index in [1.165, 1.54) is 6.07 Å². The summed E-state index contributed by atoms with van der Waals surface area (Å²) in [6.45, 7) is 4.43. The zero-order chi connectivity index (χ0) is 22.8. The Balaban J connectivity index is 1.44. The van der Waals surface area contributed by atoms with Gasteiger partial charge in [-0.25, -0.2) is 14.4 Å². The lowest BCUT2D eigenvalue weighted by atomic mass is 9.99. The first-order chi connectivity index (χ1) is 16.1. The lowest BCUT2D eigenvalue weighted by Gasteiger charge is -2.36. The van der Waals surface area contributed by atoms with Gasteiger partial charge < -0.3 is 9.80 Å². The van der Waals surface area contributed by atoms with Crippen LogP contribution in [0.25, 0.3) is 0 Å². The van der Waals surface area contributed by atoms with Crippen molar-refractivity contribution in [1.82, 2.24) is 24.6 Å². The summed E-state index contributed by atoms with van der Waals surface area (Å²) >= 11 is 0. The van der Waals surface area contributed by atoms with Crippen LogP contribution in [0.2, 0.25) is 0 Å². The third-order valence-corrected chi connectivity index (χ3v) is 6.60. The van der Waals surface area contributed by atoms with Crippen LogP contribution in [-0.2, 0) is 24.3 Å². The van der Waals surface area contributed by atoms with Gasteiger partial charge >= 0.3 is 0 Å². The van der Waals surface area contributed by atoms with Crippen LogP contribution >= 0.6 is 0 Å². The van der Waals surface area contributed by atoms with Crippen LogP contribution in [0.5, 0.6) is 0 Å². The highest BCUT2D eigenvalue weighted by Crippen LogP contribution is 2.34. The zero-order valence-electron chi connectivity index (χ0n) is 19.0. The monoisotopic (exact) mass is 448 g/mol. The quantitative estimate of drug-likeness (QED) is 0.594. The van der Waals surface area contributed by atoms with E-state index in [0.717, 1.165) is 61.3 Å². The van der Waals surface area contributed by atoms with Gasteiger partial charge in [-0.15, -0.1) is 0 Å². The topological polar surface area (TPSA) is 67.2 Å². The molecule has 8 heteroatoms. The van der Waals surface area contributed by atoms with E-state index in [1.807, 2.05) is 24.0 Å². The molecule has 1 saturated heterocycles. The minimum absolute atomic E-state index is 0.0407. The second-order valence-corrected chi connectivity index (χ2v) is 8.93. The van der Waals surface area contributed by atoms with Crippen molar-refractivity contribution < 1.29 is 9.18 Å². The van der Waals surface area contributed by atoms with E-state index >= 15 is 0 Å². The fourth-order valence-electron chi connectivity index (χ4n) is 4.99. The van der Waals surface area contributed by atoms with Gasteiger partial charge in [0.1, 0.15) is 18.2 Å². The van der Waals surface area contributed by atoms with Crippen molar-refractivity contribution in [3.05, 3.63) is 71.2 Å². The molecular formula is C25H29FN6O. The van der Waals surface area contributed by atoms with Crippen molar-refractivity contribution in [2.24, 2.45) is 0 Å². The van der Waals surface area contributed by atoms with Gasteiger partial charge in [-0.3, -0.25) is 9.48 Å². The number of fused-ring (bicyclic) bond motifs is 1. The molecule has 5 rings (SSSR count). The van der Waals surface area contributed by atoms with E-state index in [0.29, 0.717) is 18.9 Å².